The van der Waals surface area contributed by atoms with Crippen LogP contribution in [0.1, 0.15) is 0 Å². The molecule has 1 aromatic carbocycles. The third-order valence-electron chi connectivity index (χ3n) is 2.01. The van der Waals surface area contributed by atoms with Crippen molar-refractivity contribution in [3.63, 3.8) is 0 Å². The van der Waals surface area contributed by atoms with E-state index < -0.39 is 18.6 Å². The van der Waals surface area contributed by atoms with Gasteiger partial charge in [0.25, 0.3) is 0 Å². The van der Waals surface area contributed by atoms with Gasteiger partial charge in [-0.15, -0.1) is 0 Å². The molecule has 0 spiro atoms. The molecule has 0 bridgehead atoms. The van der Waals surface area contributed by atoms with Crippen molar-refractivity contribution >= 4 is 11.6 Å². The van der Waals surface area contributed by atoms with Crippen LogP contribution in [0.5, 0.6) is 5.75 Å². The number of amides is 1. The topological polar surface area (TPSA) is 50.4 Å². The monoisotopic (exact) mass is 262 g/mol. The zero-order chi connectivity index (χ0) is 13.6. The molecule has 7 heteroatoms. The standard InChI is InChI=1S/C11H13F3N2O2/c1-18-9-4-2-3-8(5-9)15-6-10(17)16-7-11(12,13)14/h2-5,15H,6-7H2,1H3,(H,16,17). The second-order valence-electron chi connectivity index (χ2n) is 3.48. The number of hydrogen-bond acceptors (Lipinski definition) is 3. The quantitative estimate of drug-likeness (QED) is 0.850. The van der Waals surface area contributed by atoms with Crippen molar-refractivity contribution in [3.05, 3.63) is 24.3 Å². The summed E-state index contributed by atoms with van der Waals surface area (Å²) >= 11 is 0. The highest BCUT2D eigenvalue weighted by molar-refractivity contribution is 5.80. The van der Waals surface area contributed by atoms with Gasteiger partial charge < -0.3 is 15.4 Å². The van der Waals surface area contributed by atoms with E-state index in [9.17, 15) is 18.0 Å². The molecule has 0 aromatic heterocycles. The van der Waals surface area contributed by atoms with Crippen LogP contribution in [0, 0.1) is 0 Å². The Balaban J connectivity index is 2.38. The molecule has 1 aromatic rings. The molecule has 0 aliphatic carbocycles. The molecule has 0 heterocycles. The summed E-state index contributed by atoms with van der Waals surface area (Å²) < 4.78 is 40.4. The minimum absolute atomic E-state index is 0.233. The van der Waals surface area contributed by atoms with E-state index in [2.05, 4.69) is 5.32 Å². The molecule has 100 valence electrons. The fourth-order valence-corrected chi connectivity index (χ4v) is 1.18. The number of anilines is 1. The van der Waals surface area contributed by atoms with E-state index >= 15 is 0 Å². The zero-order valence-corrected chi connectivity index (χ0v) is 9.67. The third kappa shape index (κ3) is 5.42. The van der Waals surface area contributed by atoms with Crippen molar-refractivity contribution in [1.29, 1.82) is 0 Å². The first kappa shape index (κ1) is 14.1. The van der Waals surface area contributed by atoms with Crippen LogP contribution in [-0.2, 0) is 4.79 Å². The summed E-state index contributed by atoms with van der Waals surface area (Å²) in [5, 5.41) is 4.46. The number of carbonyl (C=O) groups excluding carboxylic acids is 1. The predicted octanol–water partition coefficient (Wildman–Crippen LogP) is 1.79. The van der Waals surface area contributed by atoms with Crippen molar-refractivity contribution < 1.29 is 22.7 Å². The molecule has 1 amide bonds. The number of rotatable bonds is 5. The summed E-state index contributed by atoms with van der Waals surface area (Å²) in [5.74, 6) is -0.133. The minimum atomic E-state index is -4.40. The maximum absolute atomic E-state index is 11.8. The second-order valence-corrected chi connectivity index (χ2v) is 3.48. The maximum atomic E-state index is 11.8. The van der Waals surface area contributed by atoms with Gasteiger partial charge in [0.05, 0.1) is 13.7 Å². The van der Waals surface area contributed by atoms with Crippen LogP contribution in [-0.4, -0.2) is 32.3 Å². The maximum Gasteiger partial charge on any atom is 0.405 e. The molecule has 0 atom stereocenters. The largest absolute Gasteiger partial charge is 0.497 e. The number of carbonyl (C=O) groups is 1. The van der Waals surface area contributed by atoms with E-state index in [4.69, 9.17) is 4.74 Å². The Morgan fingerprint density at radius 3 is 2.72 bits per heavy atom. The number of methoxy groups -OCH3 is 1. The molecule has 0 saturated carbocycles. The first-order valence-electron chi connectivity index (χ1n) is 5.12. The van der Waals surface area contributed by atoms with Crippen molar-refractivity contribution in [2.75, 3.05) is 25.5 Å². The average Bonchev–Trinajstić information content (AvgIpc) is 2.33. The zero-order valence-electron chi connectivity index (χ0n) is 9.67. The van der Waals surface area contributed by atoms with E-state index in [0.29, 0.717) is 11.4 Å². The lowest BCUT2D eigenvalue weighted by molar-refractivity contribution is -0.137. The Labute approximate surface area is 102 Å². The lowest BCUT2D eigenvalue weighted by Gasteiger charge is -2.10. The van der Waals surface area contributed by atoms with Gasteiger partial charge in [-0.3, -0.25) is 4.79 Å². The van der Waals surface area contributed by atoms with Gasteiger partial charge in [-0.05, 0) is 12.1 Å². The summed E-state index contributed by atoms with van der Waals surface area (Å²) in [4.78, 5) is 11.1. The molecule has 0 aliphatic rings. The van der Waals surface area contributed by atoms with E-state index in [0.717, 1.165) is 0 Å². The molecule has 0 aliphatic heterocycles. The van der Waals surface area contributed by atoms with Gasteiger partial charge in [0, 0.05) is 11.8 Å². The first-order chi connectivity index (χ1) is 8.40. The summed E-state index contributed by atoms with van der Waals surface area (Å²) in [6, 6.07) is 6.74. The van der Waals surface area contributed by atoms with Crippen LogP contribution < -0.4 is 15.4 Å². The number of ether oxygens (including phenoxy) is 1. The highest BCUT2D eigenvalue weighted by Crippen LogP contribution is 2.16. The van der Waals surface area contributed by atoms with Crippen LogP contribution in [0.15, 0.2) is 24.3 Å². The molecular formula is C11H13F3N2O2. The van der Waals surface area contributed by atoms with Crippen molar-refractivity contribution in [3.8, 4) is 5.75 Å². The highest BCUT2D eigenvalue weighted by atomic mass is 19.4. The van der Waals surface area contributed by atoms with Crippen LogP contribution in [0.4, 0.5) is 18.9 Å². The first-order valence-corrected chi connectivity index (χ1v) is 5.12. The summed E-state index contributed by atoms with van der Waals surface area (Å²) in [6.45, 7) is -1.56. The van der Waals surface area contributed by atoms with E-state index in [1.165, 1.54) is 7.11 Å². The van der Waals surface area contributed by atoms with Crippen molar-refractivity contribution in [2.45, 2.75) is 6.18 Å². The predicted molar refractivity (Wildman–Crippen MR) is 60.5 cm³/mol. The fourth-order valence-electron chi connectivity index (χ4n) is 1.18. The molecule has 0 unspecified atom stereocenters. The lowest BCUT2D eigenvalue weighted by Crippen LogP contribution is -2.37. The summed E-state index contributed by atoms with van der Waals surface area (Å²) in [7, 11) is 1.50. The van der Waals surface area contributed by atoms with Gasteiger partial charge in [-0.2, -0.15) is 13.2 Å². The highest BCUT2D eigenvalue weighted by Gasteiger charge is 2.27. The third-order valence-corrected chi connectivity index (χ3v) is 2.01. The summed E-state index contributed by atoms with van der Waals surface area (Å²) in [6.07, 6.45) is -4.40. The van der Waals surface area contributed by atoms with Gasteiger partial charge in [0.15, 0.2) is 0 Å². The lowest BCUT2D eigenvalue weighted by atomic mass is 10.3. The SMILES string of the molecule is COc1cccc(NCC(=O)NCC(F)(F)F)c1. The van der Waals surface area contributed by atoms with E-state index in [1.807, 2.05) is 0 Å². The van der Waals surface area contributed by atoms with Crippen LogP contribution in [0.3, 0.4) is 0 Å². The second kappa shape index (κ2) is 6.13. The van der Waals surface area contributed by atoms with Gasteiger partial charge in [0.1, 0.15) is 12.3 Å². The van der Waals surface area contributed by atoms with E-state index in [-0.39, 0.29) is 6.54 Å². The molecule has 4 nitrogen and oxygen atoms in total. The van der Waals surface area contributed by atoms with Crippen LogP contribution >= 0.6 is 0 Å². The number of hydrogen-bond donors (Lipinski definition) is 2. The Morgan fingerprint density at radius 2 is 2.11 bits per heavy atom. The molecule has 2 N–H and O–H groups in total. The van der Waals surface area contributed by atoms with Gasteiger partial charge in [-0.25, -0.2) is 0 Å². The van der Waals surface area contributed by atoms with Gasteiger partial charge >= 0.3 is 6.18 Å². The molecule has 18 heavy (non-hydrogen) atoms. The normalized spacial score (nSPS) is 10.9. The number of nitrogens with one attached hydrogen (secondary N) is 2. The van der Waals surface area contributed by atoms with E-state index in [1.54, 1.807) is 29.6 Å². The van der Waals surface area contributed by atoms with Crippen LogP contribution in [0.2, 0.25) is 0 Å². The van der Waals surface area contributed by atoms with Crippen molar-refractivity contribution in [2.24, 2.45) is 0 Å². The van der Waals surface area contributed by atoms with Crippen molar-refractivity contribution in [1.82, 2.24) is 5.32 Å². The molecule has 0 saturated heterocycles. The number of alkyl halides is 3. The summed E-state index contributed by atoms with van der Waals surface area (Å²) in [5.41, 5.74) is 0.594. The van der Waals surface area contributed by atoms with Gasteiger partial charge in [0.2, 0.25) is 5.91 Å². The average molecular weight is 262 g/mol. The Hall–Kier alpha value is -1.92. The molecule has 0 fully saturated rings. The van der Waals surface area contributed by atoms with Gasteiger partial charge in [-0.1, -0.05) is 6.07 Å². The molecule has 0 radical (unpaired) electrons. The van der Waals surface area contributed by atoms with Crippen LogP contribution in [0.25, 0.3) is 0 Å². The molecule has 1 rings (SSSR count). The fraction of sp³-hybridized carbons (Fsp3) is 0.364. The smallest absolute Gasteiger partial charge is 0.405 e. The number of benzene rings is 1. The molecular weight excluding hydrogens is 249 g/mol. The Morgan fingerprint density at radius 1 is 1.39 bits per heavy atom. The number of halogens is 3. The Bertz CT molecular complexity index is 408. The Kier molecular flexibility index (Phi) is 4.82. The minimum Gasteiger partial charge on any atom is -0.497 e.